The molecule has 0 radical (unpaired) electrons. The van der Waals surface area contributed by atoms with Crippen molar-refractivity contribution in [2.75, 3.05) is 7.11 Å². The second-order valence-corrected chi connectivity index (χ2v) is 5.16. The van der Waals surface area contributed by atoms with Crippen LogP contribution in [0.1, 0.15) is 16.3 Å². The number of aryl methyl sites for hydroxylation is 1. The van der Waals surface area contributed by atoms with Gasteiger partial charge in [0, 0.05) is 5.38 Å². The Hall–Kier alpha value is -2.21. The fourth-order valence-electron chi connectivity index (χ4n) is 1.56. The van der Waals surface area contributed by atoms with Gasteiger partial charge in [0.1, 0.15) is 5.75 Å². The highest BCUT2D eigenvalue weighted by Gasteiger charge is 2.04. The number of aromatic nitrogens is 1. The summed E-state index contributed by atoms with van der Waals surface area (Å²) in [6, 6.07) is 7.39. The van der Waals surface area contributed by atoms with Crippen molar-refractivity contribution in [3.05, 3.63) is 45.9 Å². The molecular formula is C14H15N3O2S. The fourth-order valence-corrected chi connectivity index (χ4v) is 2.17. The van der Waals surface area contributed by atoms with Gasteiger partial charge < -0.3 is 4.74 Å². The fraction of sp³-hybridized carbons (Fsp3) is 0.214. The first-order valence-corrected chi connectivity index (χ1v) is 6.92. The zero-order chi connectivity index (χ0) is 14.4. The molecule has 0 unspecified atom stereocenters. The molecule has 6 heteroatoms. The van der Waals surface area contributed by atoms with Crippen LogP contribution < -0.4 is 10.2 Å². The highest BCUT2D eigenvalue weighted by molar-refractivity contribution is 7.09. The average molecular weight is 289 g/mol. The molecule has 0 saturated carbocycles. The van der Waals surface area contributed by atoms with Crippen molar-refractivity contribution in [2.24, 2.45) is 5.10 Å². The standard InChI is InChI=1S/C14H15N3O2S/c1-10-16-12(9-20-10)7-14(18)17-15-8-11-3-5-13(19-2)6-4-11/h3-6,8-9H,7H2,1-2H3,(H,17,18)/b15-8-. The molecule has 0 aliphatic carbocycles. The predicted octanol–water partition coefficient (Wildman–Crippen LogP) is 2.15. The highest BCUT2D eigenvalue weighted by atomic mass is 32.1. The molecule has 0 spiro atoms. The van der Waals surface area contributed by atoms with E-state index in [0.717, 1.165) is 22.0 Å². The van der Waals surface area contributed by atoms with E-state index in [-0.39, 0.29) is 12.3 Å². The number of benzene rings is 1. The molecule has 0 saturated heterocycles. The van der Waals surface area contributed by atoms with E-state index in [9.17, 15) is 4.79 Å². The van der Waals surface area contributed by atoms with Crippen molar-refractivity contribution >= 4 is 23.5 Å². The Bertz CT molecular complexity index is 605. The molecule has 1 aromatic carbocycles. The van der Waals surface area contributed by atoms with Crippen molar-refractivity contribution in [3.63, 3.8) is 0 Å². The maximum Gasteiger partial charge on any atom is 0.246 e. The van der Waals surface area contributed by atoms with E-state index in [1.807, 2.05) is 36.6 Å². The Labute approximate surface area is 121 Å². The van der Waals surface area contributed by atoms with Crippen molar-refractivity contribution in [3.8, 4) is 5.75 Å². The highest BCUT2D eigenvalue weighted by Crippen LogP contribution is 2.10. The van der Waals surface area contributed by atoms with Crippen LogP contribution in [0.25, 0.3) is 0 Å². The first kappa shape index (κ1) is 14.2. The van der Waals surface area contributed by atoms with E-state index in [2.05, 4.69) is 15.5 Å². The van der Waals surface area contributed by atoms with Crippen LogP contribution in [0.5, 0.6) is 5.75 Å². The van der Waals surface area contributed by atoms with E-state index >= 15 is 0 Å². The number of nitrogens with one attached hydrogen (secondary N) is 1. The Balaban J connectivity index is 1.84. The minimum absolute atomic E-state index is 0.180. The van der Waals surface area contributed by atoms with Crippen LogP contribution in [0, 0.1) is 6.92 Å². The molecule has 0 fully saturated rings. The van der Waals surface area contributed by atoms with Gasteiger partial charge in [-0.2, -0.15) is 5.10 Å². The molecule has 1 amide bonds. The summed E-state index contributed by atoms with van der Waals surface area (Å²) in [5, 5.41) is 6.74. The lowest BCUT2D eigenvalue weighted by molar-refractivity contribution is -0.120. The lowest BCUT2D eigenvalue weighted by Crippen LogP contribution is -2.19. The third-order valence-corrected chi connectivity index (χ3v) is 3.35. The van der Waals surface area contributed by atoms with Gasteiger partial charge >= 0.3 is 0 Å². The van der Waals surface area contributed by atoms with E-state index in [1.165, 1.54) is 11.3 Å². The zero-order valence-electron chi connectivity index (χ0n) is 11.3. The maximum atomic E-state index is 11.6. The third-order valence-electron chi connectivity index (χ3n) is 2.53. The minimum Gasteiger partial charge on any atom is -0.497 e. The SMILES string of the molecule is COc1ccc(/C=N\NC(=O)Cc2csc(C)n2)cc1. The molecule has 0 atom stereocenters. The van der Waals surface area contributed by atoms with Crippen LogP contribution in [0.4, 0.5) is 0 Å². The monoisotopic (exact) mass is 289 g/mol. The smallest absolute Gasteiger partial charge is 0.246 e. The number of hydrogen-bond donors (Lipinski definition) is 1. The van der Waals surface area contributed by atoms with Gasteiger partial charge in [0.2, 0.25) is 5.91 Å². The Morgan fingerprint density at radius 3 is 2.80 bits per heavy atom. The number of ether oxygens (including phenoxy) is 1. The van der Waals surface area contributed by atoms with Crippen molar-refractivity contribution in [2.45, 2.75) is 13.3 Å². The molecule has 0 aliphatic rings. The van der Waals surface area contributed by atoms with Crippen LogP contribution in [0.3, 0.4) is 0 Å². The van der Waals surface area contributed by atoms with Gasteiger partial charge in [-0.3, -0.25) is 4.79 Å². The molecule has 20 heavy (non-hydrogen) atoms. The molecule has 5 nitrogen and oxygen atoms in total. The lowest BCUT2D eigenvalue weighted by Gasteiger charge is -1.99. The minimum atomic E-state index is -0.180. The Morgan fingerprint density at radius 2 is 2.20 bits per heavy atom. The van der Waals surface area contributed by atoms with Crippen LogP contribution in [-0.2, 0) is 11.2 Å². The number of hydrazone groups is 1. The van der Waals surface area contributed by atoms with Crippen LogP contribution in [0.2, 0.25) is 0 Å². The average Bonchev–Trinajstić information content (AvgIpc) is 2.85. The third kappa shape index (κ3) is 4.17. The summed E-state index contributed by atoms with van der Waals surface area (Å²) >= 11 is 1.53. The second-order valence-electron chi connectivity index (χ2n) is 4.10. The summed E-state index contributed by atoms with van der Waals surface area (Å²) in [6.45, 7) is 1.91. The molecule has 1 aromatic heterocycles. The number of rotatable bonds is 5. The van der Waals surface area contributed by atoms with Crippen LogP contribution in [-0.4, -0.2) is 24.2 Å². The summed E-state index contributed by atoms with van der Waals surface area (Å²) in [5.74, 6) is 0.602. The van der Waals surface area contributed by atoms with Crippen molar-refractivity contribution in [1.29, 1.82) is 0 Å². The van der Waals surface area contributed by atoms with Crippen LogP contribution >= 0.6 is 11.3 Å². The Kier molecular flexibility index (Phi) is 4.84. The van der Waals surface area contributed by atoms with Crippen LogP contribution in [0.15, 0.2) is 34.7 Å². The molecule has 104 valence electrons. The van der Waals surface area contributed by atoms with Gasteiger partial charge in [-0.15, -0.1) is 11.3 Å². The van der Waals surface area contributed by atoms with E-state index < -0.39 is 0 Å². The van der Waals surface area contributed by atoms with Gasteiger partial charge in [-0.25, -0.2) is 10.4 Å². The quantitative estimate of drug-likeness (QED) is 0.677. The zero-order valence-corrected chi connectivity index (χ0v) is 12.1. The summed E-state index contributed by atoms with van der Waals surface area (Å²) in [6.07, 6.45) is 1.83. The molecule has 1 N–H and O–H groups in total. The Morgan fingerprint density at radius 1 is 1.45 bits per heavy atom. The van der Waals surface area contributed by atoms with E-state index in [1.54, 1.807) is 13.3 Å². The van der Waals surface area contributed by atoms with E-state index in [4.69, 9.17) is 4.74 Å². The number of carbonyl (C=O) groups excluding carboxylic acids is 1. The predicted molar refractivity (Wildman–Crippen MR) is 79.3 cm³/mol. The first-order chi connectivity index (χ1) is 9.67. The number of thiazole rings is 1. The molecule has 0 aliphatic heterocycles. The summed E-state index contributed by atoms with van der Waals surface area (Å²) in [4.78, 5) is 15.9. The second kappa shape index (κ2) is 6.81. The summed E-state index contributed by atoms with van der Waals surface area (Å²) < 4.78 is 5.06. The molecular weight excluding hydrogens is 274 g/mol. The van der Waals surface area contributed by atoms with Gasteiger partial charge in [-0.1, -0.05) is 0 Å². The topological polar surface area (TPSA) is 63.6 Å². The van der Waals surface area contributed by atoms with Gasteiger partial charge in [0.05, 0.1) is 30.4 Å². The normalized spacial score (nSPS) is 10.7. The summed E-state index contributed by atoms with van der Waals surface area (Å²) in [5.41, 5.74) is 4.13. The molecule has 2 aromatic rings. The van der Waals surface area contributed by atoms with Crippen molar-refractivity contribution in [1.82, 2.24) is 10.4 Å². The molecule has 0 bridgehead atoms. The number of nitrogens with zero attached hydrogens (tertiary/aromatic N) is 2. The number of amides is 1. The van der Waals surface area contributed by atoms with Gasteiger partial charge in [0.25, 0.3) is 0 Å². The largest absolute Gasteiger partial charge is 0.497 e. The first-order valence-electron chi connectivity index (χ1n) is 6.04. The van der Waals surface area contributed by atoms with Crippen molar-refractivity contribution < 1.29 is 9.53 Å². The van der Waals surface area contributed by atoms with Gasteiger partial charge in [0.15, 0.2) is 0 Å². The summed E-state index contributed by atoms with van der Waals surface area (Å²) in [7, 11) is 1.61. The molecule has 2 rings (SSSR count). The maximum absolute atomic E-state index is 11.6. The number of hydrogen-bond acceptors (Lipinski definition) is 5. The lowest BCUT2D eigenvalue weighted by atomic mass is 10.2. The number of carbonyl (C=O) groups is 1. The molecule has 1 heterocycles. The number of methoxy groups -OCH3 is 1. The van der Waals surface area contributed by atoms with Gasteiger partial charge in [-0.05, 0) is 36.8 Å². The van der Waals surface area contributed by atoms with E-state index in [0.29, 0.717) is 0 Å².